The van der Waals surface area contributed by atoms with Crippen LogP contribution in [-0.4, -0.2) is 35.1 Å². The first-order valence-electron chi connectivity index (χ1n) is 6.52. The van der Waals surface area contributed by atoms with Crippen LogP contribution in [0.4, 0.5) is 14.9 Å². The molecule has 1 aliphatic rings. The van der Waals surface area contributed by atoms with Gasteiger partial charge in [-0.1, -0.05) is 6.07 Å². The molecule has 0 aromatic heterocycles. The Balaban J connectivity index is 2.00. The molecule has 0 bridgehead atoms. The first kappa shape index (κ1) is 14.3. The lowest BCUT2D eigenvalue weighted by atomic mass is 9.99. The lowest BCUT2D eigenvalue weighted by Crippen LogP contribution is -2.44. The number of halogens is 1. The van der Waals surface area contributed by atoms with E-state index in [4.69, 9.17) is 5.11 Å². The molecule has 2 amide bonds. The second-order valence-corrected chi connectivity index (χ2v) is 5.02. The second kappa shape index (κ2) is 5.90. The van der Waals surface area contributed by atoms with Crippen molar-refractivity contribution in [1.29, 1.82) is 0 Å². The van der Waals surface area contributed by atoms with Gasteiger partial charge in [-0.15, -0.1) is 0 Å². The Morgan fingerprint density at radius 2 is 2.20 bits per heavy atom. The lowest BCUT2D eigenvalue weighted by Gasteiger charge is -2.30. The average molecular weight is 280 g/mol. The summed E-state index contributed by atoms with van der Waals surface area (Å²) in [5.74, 6) is -1.79. The van der Waals surface area contributed by atoms with Gasteiger partial charge >= 0.3 is 12.0 Å². The molecule has 6 heteroatoms. The second-order valence-electron chi connectivity index (χ2n) is 5.02. The highest BCUT2D eigenvalue weighted by atomic mass is 19.1. The van der Waals surface area contributed by atoms with Gasteiger partial charge in [0.2, 0.25) is 0 Å². The van der Waals surface area contributed by atoms with Crippen LogP contribution in [0.5, 0.6) is 0 Å². The Kier molecular flexibility index (Phi) is 4.22. The maximum atomic E-state index is 13.4. The number of hydrogen-bond donors (Lipinski definition) is 2. The molecule has 1 aromatic carbocycles. The van der Waals surface area contributed by atoms with Gasteiger partial charge in [-0.05, 0) is 37.5 Å². The van der Waals surface area contributed by atoms with Crippen LogP contribution in [0.3, 0.4) is 0 Å². The normalized spacial score (nSPS) is 18.7. The van der Waals surface area contributed by atoms with Gasteiger partial charge in [0, 0.05) is 18.8 Å². The minimum Gasteiger partial charge on any atom is -0.481 e. The fourth-order valence-corrected chi connectivity index (χ4v) is 2.24. The van der Waals surface area contributed by atoms with E-state index in [1.807, 2.05) is 0 Å². The number of carboxylic acid groups (broad SMARTS) is 1. The molecule has 2 N–H and O–H groups in total. The summed E-state index contributed by atoms with van der Waals surface area (Å²) in [5.41, 5.74) is 0.877. The number of piperidine rings is 1. The Morgan fingerprint density at radius 1 is 1.45 bits per heavy atom. The van der Waals surface area contributed by atoms with Gasteiger partial charge in [0.1, 0.15) is 5.82 Å². The highest BCUT2D eigenvalue weighted by molar-refractivity contribution is 5.89. The molecule has 1 saturated heterocycles. The summed E-state index contributed by atoms with van der Waals surface area (Å²) in [6, 6.07) is 4.07. The van der Waals surface area contributed by atoms with Gasteiger partial charge in [-0.2, -0.15) is 0 Å². The number of nitrogens with zero attached hydrogens (tertiary/aromatic N) is 1. The number of anilines is 1. The summed E-state index contributed by atoms with van der Waals surface area (Å²) in [7, 11) is 0. The first-order valence-corrected chi connectivity index (χ1v) is 6.52. The summed E-state index contributed by atoms with van der Waals surface area (Å²) in [4.78, 5) is 24.4. The maximum absolute atomic E-state index is 13.4. The molecule has 0 unspecified atom stereocenters. The zero-order chi connectivity index (χ0) is 14.7. The van der Waals surface area contributed by atoms with Crippen molar-refractivity contribution in [3.63, 3.8) is 0 Å². The predicted octanol–water partition coefficient (Wildman–Crippen LogP) is 2.46. The quantitative estimate of drug-likeness (QED) is 0.874. The number of amides is 2. The summed E-state index contributed by atoms with van der Waals surface area (Å²) in [6.07, 6.45) is 1.24. The Labute approximate surface area is 116 Å². The van der Waals surface area contributed by atoms with Crippen LogP contribution in [0.15, 0.2) is 18.2 Å². The molecular weight excluding hydrogens is 263 g/mol. The van der Waals surface area contributed by atoms with Crippen LogP contribution in [0, 0.1) is 18.7 Å². The summed E-state index contributed by atoms with van der Waals surface area (Å²) in [5, 5.41) is 11.6. The van der Waals surface area contributed by atoms with Crippen molar-refractivity contribution in [3.8, 4) is 0 Å². The highest BCUT2D eigenvalue weighted by Gasteiger charge is 2.28. The highest BCUT2D eigenvalue weighted by Crippen LogP contribution is 2.19. The number of nitrogens with one attached hydrogen (secondary N) is 1. The zero-order valence-corrected chi connectivity index (χ0v) is 11.2. The van der Waals surface area contributed by atoms with Crippen molar-refractivity contribution in [3.05, 3.63) is 29.6 Å². The van der Waals surface area contributed by atoms with Gasteiger partial charge in [0.05, 0.1) is 5.92 Å². The largest absolute Gasteiger partial charge is 0.481 e. The molecule has 1 fully saturated rings. The molecule has 108 valence electrons. The molecule has 5 nitrogen and oxygen atoms in total. The van der Waals surface area contributed by atoms with Crippen molar-refractivity contribution in [2.45, 2.75) is 19.8 Å². The third-order valence-corrected chi connectivity index (χ3v) is 3.48. The van der Waals surface area contributed by atoms with Gasteiger partial charge in [-0.25, -0.2) is 9.18 Å². The van der Waals surface area contributed by atoms with E-state index < -0.39 is 11.9 Å². The predicted molar refractivity (Wildman–Crippen MR) is 72.1 cm³/mol. The van der Waals surface area contributed by atoms with Crippen LogP contribution >= 0.6 is 0 Å². The summed E-state index contributed by atoms with van der Waals surface area (Å²) in [6.45, 7) is 2.35. The Morgan fingerprint density at radius 3 is 2.85 bits per heavy atom. The Bertz CT molecular complexity index is 533. The molecule has 0 aliphatic carbocycles. The van der Waals surface area contributed by atoms with Crippen LogP contribution in [0.1, 0.15) is 18.4 Å². The van der Waals surface area contributed by atoms with E-state index in [0.29, 0.717) is 30.6 Å². The van der Waals surface area contributed by atoms with E-state index in [0.717, 1.165) is 0 Å². The van der Waals surface area contributed by atoms with Crippen LogP contribution in [-0.2, 0) is 4.79 Å². The van der Waals surface area contributed by atoms with Gasteiger partial charge in [-0.3, -0.25) is 4.79 Å². The summed E-state index contributed by atoms with van der Waals surface area (Å²) >= 11 is 0. The van der Waals surface area contributed by atoms with Crippen molar-refractivity contribution >= 4 is 17.7 Å². The number of likely N-dealkylation sites (tertiary alicyclic amines) is 1. The van der Waals surface area contributed by atoms with Crippen molar-refractivity contribution in [2.75, 3.05) is 18.4 Å². The molecule has 1 aromatic rings. The van der Waals surface area contributed by atoms with Gasteiger partial charge in [0.25, 0.3) is 0 Å². The average Bonchev–Trinajstić information content (AvgIpc) is 2.43. The molecule has 2 rings (SSSR count). The molecule has 20 heavy (non-hydrogen) atoms. The van der Waals surface area contributed by atoms with E-state index in [9.17, 15) is 14.0 Å². The summed E-state index contributed by atoms with van der Waals surface area (Å²) < 4.78 is 13.4. The number of rotatable bonds is 2. The number of hydrogen-bond acceptors (Lipinski definition) is 2. The fraction of sp³-hybridized carbons (Fsp3) is 0.429. The van der Waals surface area contributed by atoms with Gasteiger partial charge in [0.15, 0.2) is 0 Å². The topological polar surface area (TPSA) is 69.6 Å². The number of aliphatic carboxylic acids is 1. The molecule has 1 aliphatic heterocycles. The number of carboxylic acids is 1. The first-order chi connectivity index (χ1) is 9.47. The minimum absolute atomic E-state index is 0.190. The molecule has 1 atom stereocenters. The van der Waals surface area contributed by atoms with E-state index in [1.165, 1.54) is 11.0 Å². The Hall–Kier alpha value is -2.11. The lowest BCUT2D eigenvalue weighted by molar-refractivity contribution is -0.143. The minimum atomic E-state index is -0.885. The van der Waals surface area contributed by atoms with E-state index in [2.05, 4.69) is 5.32 Å². The zero-order valence-electron chi connectivity index (χ0n) is 11.2. The number of urea groups is 1. The monoisotopic (exact) mass is 280 g/mol. The standard InChI is InChI=1S/C14H17FN2O3/c1-9-4-5-11(7-12(9)15)16-14(20)17-6-2-3-10(8-17)13(18)19/h4-5,7,10H,2-3,6,8H2,1H3,(H,16,20)(H,18,19)/t10-/m0/s1. The van der Waals surface area contributed by atoms with E-state index in [-0.39, 0.29) is 18.4 Å². The molecular formula is C14H17FN2O3. The molecule has 0 spiro atoms. The van der Waals surface area contributed by atoms with Crippen molar-refractivity contribution < 1.29 is 19.1 Å². The fourth-order valence-electron chi connectivity index (χ4n) is 2.24. The van der Waals surface area contributed by atoms with Crippen LogP contribution in [0.2, 0.25) is 0 Å². The SMILES string of the molecule is Cc1ccc(NC(=O)N2CCC[C@H](C(=O)O)C2)cc1F. The number of carbonyl (C=O) groups is 2. The smallest absolute Gasteiger partial charge is 0.321 e. The van der Waals surface area contributed by atoms with Crippen LogP contribution in [0.25, 0.3) is 0 Å². The maximum Gasteiger partial charge on any atom is 0.321 e. The van der Waals surface area contributed by atoms with E-state index in [1.54, 1.807) is 19.1 Å². The molecule has 0 radical (unpaired) electrons. The number of aryl methyl sites for hydroxylation is 1. The third kappa shape index (κ3) is 3.26. The molecule has 1 heterocycles. The molecule has 0 saturated carbocycles. The number of carbonyl (C=O) groups excluding carboxylic acids is 1. The third-order valence-electron chi connectivity index (χ3n) is 3.48. The van der Waals surface area contributed by atoms with Crippen molar-refractivity contribution in [1.82, 2.24) is 4.90 Å². The number of benzene rings is 1. The van der Waals surface area contributed by atoms with Gasteiger partial charge < -0.3 is 15.3 Å². The van der Waals surface area contributed by atoms with Crippen molar-refractivity contribution in [2.24, 2.45) is 5.92 Å². The van der Waals surface area contributed by atoms with Crippen LogP contribution < -0.4 is 5.32 Å². The van der Waals surface area contributed by atoms with E-state index >= 15 is 0 Å².